The van der Waals surface area contributed by atoms with Crippen molar-refractivity contribution in [3.63, 3.8) is 0 Å². The van der Waals surface area contributed by atoms with Gasteiger partial charge >= 0.3 is 0 Å². The summed E-state index contributed by atoms with van der Waals surface area (Å²) in [5, 5.41) is 0.398. The van der Waals surface area contributed by atoms with E-state index in [0.717, 1.165) is 11.4 Å². The number of hydrogen-bond donors (Lipinski definition) is 1. The molecule has 2 aromatic heterocycles. The Hall–Kier alpha value is -1.55. The number of halogens is 1. The van der Waals surface area contributed by atoms with Crippen LogP contribution in [-0.2, 0) is 0 Å². The monoisotopic (exact) mass is 236 g/mol. The van der Waals surface area contributed by atoms with Gasteiger partial charge in [0.2, 0.25) is 5.95 Å². The first-order chi connectivity index (χ1) is 7.50. The molecule has 0 saturated heterocycles. The van der Waals surface area contributed by atoms with Crippen LogP contribution in [0, 0.1) is 20.8 Å². The van der Waals surface area contributed by atoms with Gasteiger partial charge in [-0.05, 0) is 32.9 Å². The minimum Gasteiger partial charge on any atom is -0.383 e. The number of aryl methyl sites for hydroxylation is 2. The molecular weight excluding hydrogens is 224 g/mol. The highest BCUT2D eigenvalue weighted by molar-refractivity contribution is 6.30. The molecule has 0 fully saturated rings. The van der Waals surface area contributed by atoms with Gasteiger partial charge in [-0.15, -0.1) is 0 Å². The van der Waals surface area contributed by atoms with Crippen molar-refractivity contribution in [1.29, 1.82) is 0 Å². The van der Waals surface area contributed by atoms with Crippen molar-refractivity contribution in [3.8, 4) is 5.95 Å². The van der Waals surface area contributed by atoms with E-state index in [1.165, 1.54) is 0 Å². The number of hydrogen-bond acceptors (Lipinski definition) is 3. The molecule has 16 heavy (non-hydrogen) atoms. The summed E-state index contributed by atoms with van der Waals surface area (Å²) < 4.78 is 1.92. The van der Waals surface area contributed by atoms with Gasteiger partial charge in [0.05, 0.1) is 0 Å². The Balaban J connectivity index is 2.66. The molecule has 0 atom stereocenters. The molecule has 5 heteroatoms. The molecule has 0 aliphatic heterocycles. The third kappa shape index (κ3) is 1.65. The molecule has 0 aliphatic rings. The minimum atomic E-state index is 0.398. The molecule has 0 spiro atoms. The number of aromatic nitrogens is 3. The standard InChI is InChI=1S/C11H13ClN4/c1-6-4-5-7(2)16(6)11-14-9(12)8(3)10(13)15-11/h4-5H,1-3H3,(H2,13,14,15). The van der Waals surface area contributed by atoms with E-state index in [-0.39, 0.29) is 0 Å². The molecule has 0 aromatic carbocycles. The highest BCUT2D eigenvalue weighted by atomic mass is 35.5. The van der Waals surface area contributed by atoms with Crippen LogP contribution in [0.2, 0.25) is 5.15 Å². The average Bonchev–Trinajstić information content (AvgIpc) is 2.54. The summed E-state index contributed by atoms with van der Waals surface area (Å²) in [6, 6.07) is 4.01. The molecule has 84 valence electrons. The fourth-order valence-electron chi connectivity index (χ4n) is 1.58. The van der Waals surface area contributed by atoms with Crippen LogP contribution in [0.1, 0.15) is 17.0 Å². The fourth-order valence-corrected chi connectivity index (χ4v) is 1.75. The highest BCUT2D eigenvalue weighted by Gasteiger charge is 2.11. The van der Waals surface area contributed by atoms with Crippen LogP contribution in [0.3, 0.4) is 0 Å². The molecule has 0 amide bonds. The SMILES string of the molecule is Cc1c(N)nc(-n2c(C)ccc2C)nc1Cl. The Morgan fingerprint density at radius 3 is 2.19 bits per heavy atom. The highest BCUT2D eigenvalue weighted by Crippen LogP contribution is 2.20. The largest absolute Gasteiger partial charge is 0.383 e. The first-order valence-corrected chi connectivity index (χ1v) is 5.33. The smallest absolute Gasteiger partial charge is 0.237 e. The fraction of sp³-hybridized carbons (Fsp3) is 0.273. The van der Waals surface area contributed by atoms with Crippen molar-refractivity contribution in [2.75, 3.05) is 5.73 Å². The van der Waals surface area contributed by atoms with E-state index in [1.807, 2.05) is 30.5 Å². The predicted molar refractivity (Wildman–Crippen MR) is 65.0 cm³/mol. The van der Waals surface area contributed by atoms with E-state index in [2.05, 4.69) is 9.97 Å². The Morgan fingerprint density at radius 2 is 1.69 bits per heavy atom. The van der Waals surface area contributed by atoms with Crippen molar-refractivity contribution in [1.82, 2.24) is 14.5 Å². The number of anilines is 1. The number of nitrogen functional groups attached to an aromatic ring is 1. The van der Waals surface area contributed by atoms with Crippen molar-refractivity contribution >= 4 is 17.4 Å². The van der Waals surface area contributed by atoms with Crippen LogP contribution in [0.4, 0.5) is 5.82 Å². The molecular formula is C11H13ClN4. The van der Waals surface area contributed by atoms with Gasteiger partial charge in [-0.2, -0.15) is 9.97 Å². The minimum absolute atomic E-state index is 0.398. The van der Waals surface area contributed by atoms with E-state index in [9.17, 15) is 0 Å². The lowest BCUT2D eigenvalue weighted by atomic mass is 10.3. The molecule has 2 heterocycles. The van der Waals surface area contributed by atoms with Crippen LogP contribution >= 0.6 is 11.6 Å². The number of nitrogens with two attached hydrogens (primary N) is 1. The Bertz CT molecular complexity index is 502. The van der Waals surface area contributed by atoms with Crippen LogP contribution in [-0.4, -0.2) is 14.5 Å². The van der Waals surface area contributed by atoms with E-state index >= 15 is 0 Å². The zero-order chi connectivity index (χ0) is 11.9. The Morgan fingerprint density at radius 1 is 1.12 bits per heavy atom. The van der Waals surface area contributed by atoms with Gasteiger partial charge in [0.1, 0.15) is 11.0 Å². The third-order valence-corrected chi connectivity index (χ3v) is 2.95. The molecule has 4 nitrogen and oxygen atoms in total. The summed E-state index contributed by atoms with van der Waals surface area (Å²) in [6.45, 7) is 5.78. The average molecular weight is 237 g/mol. The summed E-state index contributed by atoms with van der Waals surface area (Å²) >= 11 is 6.00. The lowest BCUT2D eigenvalue weighted by Crippen LogP contribution is -2.08. The molecule has 2 N–H and O–H groups in total. The van der Waals surface area contributed by atoms with Crippen LogP contribution in [0.5, 0.6) is 0 Å². The zero-order valence-corrected chi connectivity index (χ0v) is 10.2. The summed E-state index contributed by atoms with van der Waals surface area (Å²) in [7, 11) is 0. The second kappa shape index (κ2) is 3.79. The van der Waals surface area contributed by atoms with Crippen molar-refractivity contribution in [3.05, 3.63) is 34.2 Å². The Labute approximate surface area is 99.1 Å². The molecule has 0 radical (unpaired) electrons. The van der Waals surface area contributed by atoms with Gasteiger partial charge in [-0.25, -0.2) is 0 Å². The second-order valence-corrected chi connectivity index (χ2v) is 4.13. The maximum absolute atomic E-state index is 6.00. The van der Waals surface area contributed by atoms with E-state index in [1.54, 1.807) is 6.92 Å². The maximum atomic E-state index is 6.00. The quantitative estimate of drug-likeness (QED) is 0.774. The van der Waals surface area contributed by atoms with E-state index in [0.29, 0.717) is 22.5 Å². The predicted octanol–water partition coefficient (Wildman–Crippen LogP) is 2.43. The topological polar surface area (TPSA) is 56.7 Å². The van der Waals surface area contributed by atoms with Gasteiger partial charge in [0.15, 0.2) is 0 Å². The van der Waals surface area contributed by atoms with E-state index in [4.69, 9.17) is 17.3 Å². The van der Waals surface area contributed by atoms with Gasteiger partial charge < -0.3 is 5.73 Å². The number of nitrogens with zero attached hydrogens (tertiary/aromatic N) is 3. The molecule has 0 unspecified atom stereocenters. The molecule has 0 aliphatic carbocycles. The van der Waals surface area contributed by atoms with Crippen LogP contribution in [0.25, 0.3) is 5.95 Å². The maximum Gasteiger partial charge on any atom is 0.237 e. The third-order valence-electron chi connectivity index (χ3n) is 2.58. The first-order valence-electron chi connectivity index (χ1n) is 4.95. The summed E-state index contributed by atoms with van der Waals surface area (Å²) in [4.78, 5) is 8.48. The Kier molecular flexibility index (Phi) is 2.59. The second-order valence-electron chi connectivity index (χ2n) is 3.78. The summed E-state index contributed by atoms with van der Waals surface area (Å²) in [6.07, 6.45) is 0. The van der Waals surface area contributed by atoms with Gasteiger partial charge in [0.25, 0.3) is 0 Å². The molecule has 0 saturated carbocycles. The summed E-state index contributed by atoms with van der Waals surface area (Å²) in [5.41, 5.74) is 8.60. The van der Waals surface area contributed by atoms with Crippen molar-refractivity contribution in [2.45, 2.75) is 20.8 Å². The van der Waals surface area contributed by atoms with Crippen molar-refractivity contribution < 1.29 is 0 Å². The molecule has 2 rings (SSSR count). The van der Waals surface area contributed by atoms with Crippen LogP contribution in [0.15, 0.2) is 12.1 Å². The van der Waals surface area contributed by atoms with Gasteiger partial charge in [-0.1, -0.05) is 11.6 Å². The lowest BCUT2D eigenvalue weighted by molar-refractivity contribution is 0.872. The van der Waals surface area contributed by atoms with Crippen LogP contribution < -0.4 is 5.73 Å². The number of rotatable bonds is 1. The van der Waals surface area contributed by atoms with Gasteiger partial charge in [-0.3, -0.25) is 4.57 Å². The van der Waals surface area contributed by atoms with Gasteiger partial charge in [0, 0.05) is 17.0 Å². The van der Waals surface area contributed by atoms with E-state index < -0.39 is 0 Å². The van der Waals surface area contributed by atoms with Crippen molar-refractivity contribution in [2.24, 2.45) is 0 Å². The summed E-state index contributed by atoms with van der Waals surface area (Å²) in [5.74, 6) is 0.940. The molecule has 2 aromatic rings. The first kappa shape index (κ1) is 11.0. The normalized spacial score (nSPS) is 10.8. The molecule has 0 bridgehead atoms. The zero-order valence-electron chi connectivity index (χ0n) is 9.45. The lowest BCUT2D eigenvalue weighted by Gasteiger charge is -2.09.